The fraction of sp³-hybridized carbons (Fsp3) is 0.400. The first kappa shape index (κ1) is 19.4. The van der Waals surface area contributed by atoms with E-state index in [1.54, 1.807) is 30.1 Å². The number of nitrogens with zero attached hydrogens (tertiary/aromatic N) is 3. The maximum absolute atomic E-state index is 11.3. The second-order valence-corrected chi connectivity index (χ2v) is 5.26. The van der Waals surface area contributed by atoms with Gasteiger partial charge in [-0.2, -0.15) is 5.10 Å². The normalized spacial score (nSPS) is 9.83. The second kappa shape index (κ2) is 9.52. The highest BCUT2D eigenvalue weighted by Gasteiger charge is 2.14. The molecule has 126 valence electrons. The molecule has 0 radical (unpaired) electrons. The molecule has 0 saturated carbocycles. The van der Waals surface area contributed by atoms with Crippen LogP contribution in [0, 0.1) is 0 Å². The Labute approximate surface area is 148 Å². The van der Waals surface area contributed by atoms with Crippen molar-refractivity contribution in [3.8, 4) is 17.0 Å². The van der Waals surface area contributed by atoms with Crippen molar-refractivity contribution in [1.29, 1.82) is 0 Å². The molecule has 2 rings (SSSR count). The van der Waals surface area contributed by atoms with Crippen LogP contribution in [0.3, 0.4) is 0 Å². The lowest BCUT2D eigenvalue weighted by atomic mass is 10.2. The van der Waals surface area contributed by atoms with Gasteiger partial charge in [0.15, 0.2) is 12.4 Å². The average Bonchev–Trinajstić information content (AvgIpc) is 2.96. The van der Waals surface area contributed by atoms with Gasteiger partial charge < -0.3 is 9.47 Å². The lowest BCUT2D eigenvalue weighted by Crippen LogP contribution is -2.15. The molecule has 0 aliphatic carbocycles. The molecule has 0 aromatic carbocycles. The third-order valence-electron chi connectivity index (χ3n) is 2.53. The highest BCUT2D eigenvalue weighted by Crippen LogP contribution is 2.33. The Kier molecular flexibility index (Phi) is 8.05. The van der Waals surface area contributed by atoms with Crippen LogP contribution in [-0.4, -0.2) is 33.9 Å². The SMILES string of the molecule is CC.CCOC(=O)COc1cc(Cl)c(-c2cnn(C)c2)nc1Br. The Morgan fingerprint density at radius 2 is 2.13 bits per heavy atom. The molecule has 0 amide bonds. The van der Waals surface area contributed by atoms with Crippen molar-refractivity contribution < 1.29 is 14.3 Å². The first-order chi connectivity index (χ1) is 11.0. The molecule has 23 heavy (non-hydrogen) atoms. The van der Waals surface area contributed by atoms with Crippen molar-refractivity contribution >= 4 is 33.5 Å². The van der Waals surface area contributed by atoms with E-state index >= 15 is 0 Å². The number of ether oxygens (including phenoxy) is 2. The highest BCUT2D eigenvalue weighted by atomic mass is 79.9. The van der Waals surface area contributed by atoms with Crippen molar-refractivity contribution in [2.75, 3.05) is 13.2 Å². The number of halogens is 2. The predicted octanol–water partition coefficient (Wildman–Crippen LogP) is 3.87. The molecule has 0 atom stereocenters. The summed E-state index contributed by atoms with van der Waals surface area (Å²) in [6.07, 6.45) is 3.47. The number of hydrogen-bond acceptors (Lipinski definition) is 5. The summed E-state index contributed by atoms with van der Waals surface area (Å²) in [7, 11) is 1.81. The van der Waals surface area contributed by atoms with Crippen LogP contribution in [0.5, 0.6) is 5.75 Å². The summed E-state index contributed by atoms with van der Waals surface area (Å²) >= 11 is 9.51. The lowest BCUT2D eigenvalue weighted by Gasteiger charge is -2.09. The molecule has 2 aromatic rings. The van der Waals surface area contributed by atoms with E-state index in [9.17, 15) is 4.79 Å². The van der Waals surface area contributed by atoms with E-state index in [-0.39, 0.29) is 6.61 Å². The third kappa shape index (κ3) is 5.51. The highest BCUT2D eigenvalue weighted by molar-refractivity contribution is 9.10. The topological polar surface area (TPSA) is 66.2 Å². The zero-order valence-electron chi connectivity index (χ0n) is 13.5. The second-order valence-electron chi connectivity index (χ2n) is 4.10. The van der Waals surface area contributed by atoms with Gasteiger partial charge >= 0.3 is 5.97 Å². The first-order valence-electron chi connectivity index (χ1n) is 7.14. The van der Waals surface area contributed by atoms with Crippen molar-refractivity contribution in [3.05, 3.63) is 28.1 Å². The van der Waals surface area contributed by atoms with Crippen molar-refractivity contribution in [2.24, 2.45) is 7.05 Å². The Bertz CT molecular complexity index is 661. The van der Waals surface area contributed by atoms with Crippen molar-refractivity contribution in [2.45, 2.75) is 20.8 Å². The number of carbonyl (C=O) groups is 1. The molecular formula is C15H19BrClN3O3. The first-order valence-corrected chi connectivity index (χ1v) is 8.31. The summed E-state index contributed by atoms with van der Waals surface area (Å²) in [4.78, 5) is 15.6. The largest absolute Gasteiger partial charge is 0.479 e. The summed E-state index contributed by atoms with van der Waals surface area (Å²) in [5.41, 5.74) is 1.38. The summed E-state index contributed by atoms with van der Waals surface area (Å²) in [6.45, 7) is 5.84. The van der Waals surface area contributed by atoms with Crippen LogP contribution < -0.4 is 4.74 Å². The van der Waals surface area contributed by atoms with Crippen LogP contribution in [0.1, 0.15) is 20.8 Å². The van der Waals surface area contributed by atoms with Crippen molar-refractivity contribution in [3.63, 3.8) is 0 Å². The van der Waals surface area contributed by atoms with Gasteiger partial charge in [-0.1, -0.05) is 25.4 Å². The third-order valence-corrected chi connectivity index (χ3v) is 3.38. The molecule has 0 N–H and O–H groups in total. The molecule has 0 fully saturated rings. The van der Waals surface area contributed by atoms with Gasteiger partial charge in [0.25, 0.3) is 0 Å². The summed E-state index contributed by atoms with van der Waals surface area (Å²) < 4.78 is 12.2. The van der Waals surface area contributed by atoms with Crippen LogP contribution in [0.4, 0.5) is 0 Å². The van der Waals surface area contributed by atoms with E-state index in [0.29, 0.717) is 27.7 Å². The molecule has 0 saturated heterocycles. The van der Waals surface area contributed by atoms with Gasteiger partial charge in [0, 0.05) is 24.9 Å². The predicted molar refractivity (Wildman–Crippen MR) is 92.6 cm³/mol. The maximum Gasteiger partial charge on any atom is 0.344 e. The number of aromatic nitrogens is 3. The van der Waals surface area contributed by atoms with E-state index in [1.165, 1.54) is 0 Å². The van der Waals surface area contributed by atoms with E-state index in [2.05, 4.69) is 26.0 Å². The number of rotatable bonds is 5. The van der Waals surface area contributed by atoms with E-state index in [0.717, 1.165) is 5.56 Å². The molecule has 0 aliphatic rings. The fourth-order valence-electron chi connectivity index (χ4n) is 1.64. The van der Waals surface area contributed by atoms with Crippen LogP contribution in [0.2, 0.25) is 5.02 Å². The molecule has 6 nitrogen and oxygen atoms in total. The van der Waals surface area contributed by atoms with Gasteiger partial charge in [-0.3, -0.25) is 4.68 Å². The zero-order valence-corrected chi connectivity index (χ0v) is 15.8. The number of pyridine rings is 1. The Balaban J connectivity index is 0.00000127. The minimum absolute atomic E-state index is 0.198. The van der Waals surface area contributed by atoms with E-state index < -0.39 is 5.97 Å². The molecule has 0 bridgehead atoms. The Morgan fingerprint density at radius 1 is 1.43 bits per heavy atom. The summed E-state index contributed by atoms with van der Waals surface area (Å²) in [5, 5.41) is 4.48. The zero-order chi connectivity index (χ0) is 17.4. The molecule has 0 aliphatic heterocycles. The van der Waals surface area contributed by atoms with E-state index in [4.69, 9.17) is 21.1 Å². The quantitative estimate of drug-likeness (QED) is 0.559. The minimum atomic E-state index is -0.447. The number of hydrogen-bond donors (Lipinski definition) is 0. The van der Waals surface area contributed by atoms with Gasteiger partial charge in [0.05, 0.1) is 23.5 Å². The average molecular weight is 405 g/mol. The smallest absolute Gasteiger partial charge is 0.344 e. The van der Waals surface area contributed by atoms with Crippen LogP contribution in [0.15, 0.2) is 23.1 Å². The fourth-order valence-corrected chi connectivity index (χ4v) is 2.29. The molecule has 2 heterocycles. The molecule has 0 spiro atoms. The molecule has 2 aromatic heterocycles. The van der Waals surface area contributed by atoms with Gasteiger partial charge in [-0.15, -0.1) is 0 Å². The molecule has 0 unspecified atom stereocenters. The van der Waals surface area contributed by atoms with Crippen LogP contribution >= 0.6 is 27.5 Å². The monoisotopic (exact) mass is 403 g/mol. The number of carbonyl (C=O) groups excluding carboxylic acids is 1. The van der Waals surface area contributed by atoms with Crippen LogP contribution in [0.25, 0.3) is 11.3 Å². The van der Waals surface area contributed by atoms with Crippen molar-refractivity contribution in [1.82, 2.24) is 14.8 Å². The lowest BCUT2D eigenvalue weighted by molar-refractivity contribution is -0.145. The van der Waals surface area contributed by atoms with Crippen LogP contribution in [-0.2, 0) is 16.6 Å². The molecule has 8 heteroatoms. The Hall–Kier alpha value is -1.60. The standard InChI is InChI=1S/C13H13BrClN3O3.C2H6/c1-3-20-11(19)7-21-10-4-9(15)12(17-13(10)14)8-5-16-18(2)6-8;1-2/h4-6H,3,7H2,1-2H3;1-2H3. The number of aryl methyl sites for hydroxylation is 1. The van der Waals surface area contributed by atoms with Gasteiger partial charge in [0.1, 0.15) is 4.60 Å². The summed E-state index contributed by atoms with van der Waals surface area (Å²) in [5.74, 6) is -0.0717. The Morgan fingerprint density at radius 3 is 2.70 bits per heavy atom. The van der Waals surface area contributed by atoms with Gasteiger partial charge in [-0.05, 0) is 22.9 Å². The maximum atomic E-state index is 11.3. The van der Waals surface area contributed by atoms with Gasteiger partial charge in [-0.25, -0.2) is 9.78 Å². The van der Waals surface area contributed by atoms with Gasteiger partial charge in [0.2, 0.25) is 0 Å². The minimum Gasteiger partial charge on any atom is -0.479 e. The summed E-state index contributed by atoms with van der Waals surface area (Å²) in [6, 6.07) is 1.60. The molecular weight excluding hydrogens is 386 g/mol. The van der Waals surface area contributed by atoms with E-state index in [1.807, 2.05) is 20.9 Å². The number of esters is 1.